The molecule has 1 heterocycles. The van der Waals surface area contributed by atoms with Crippen LogP contribution in [-0.4, -0.2) is 11.7 Å². The molecule has 2 atom stereocenters. The van der Waals surface area contributed by atoms with Crippen LogP contribution in [0.1, 0.15) is 29.0 Å². The van der Waals surface area contributed by atoms with Crippen LogP contribution in [-0.2, 0) is 12.0 Å². The van der Waals surface area contributed by atoms with Crippen molar-refractivity contribution < 1.29 is 9.50 Å². The van der Waals surface area contributed by atoms with E-state index in [4.69, 9.17) is 0 Å². The van der Waals surface area contributed by atoms with E-state index in [-0.39, 0.29) is 18.5 Å². The summed E-state index contributed by atoms with van der Waals surface area (Å²) < 4.78 is 14.2. The molecule has 2 aromatic carbocycles. The molecule has 0 spiro atoms. The van der Waals surface area contributed by atoms with E-state index in [1.54, 1.807) is 17.4 Å². The average Bonchev–Trinajstić information content (AvgIpc) is 3.18. The summed E-state index contributed by atoms with van der Waals surface area (Å²) in [6, 6.07) is 20.6. The van der Waals surface area contributed by atoms with E-state index in [9.17, 15) is 9.50 Å². The monoisotopic (exact) mass is 355 g/mol. The fourth-order valence-electron chi connectivity index (χ4n) is 3.13. The summed E-state index contributed by atoms with van der Waals surface area (Å²) in [4.78, 5) is 1.12. The van der Waals surface area contributed by atoms with Crippen LogP contribution in [0.2, 0.25) is 0 Å². The summed E-state index contributed by atoms with van der Waals surface area (Å²) in [6.07, 6.45) is 0.503. The van der Waals surface area contributed by atoms with E-state index < -0.39 is 5.54 Å². The minimum absolute atomic E-state index is 0.0255. The molecule has 0 fully saturated rings. The normalized spacial score (nSPS) is 14.8. The summed E-state index contributed by atoms with van der Waals surface area (Å²) >= 11 is 1.64. The lowest BCUT2D eigenvalue weighted by molar-refractivity contribution is 0.204. The van der Waals surface area contributed by atoms with Gasteiger partial charge in [-0.3, -0.25) is 5.32 Å². The number of nitrogens with one attached hydrogen (secondary N) is 1. The van der Waals surface area contributed by atoms with Gasteiger partial charge in [-0.2, -0.15) is 0 Å². The smallest absolute Gasteiger partial charge is 0.126 e. The first-order valence-electron chi connectivity index (χ1n) is 8.33. The topological polar surface area (TPSA) is 32.3 Å². The predicted octanol–water partition coefficient (Wildman–Crippen LogP) is 4.67. The number of aliphatic hydroxyl groups is 1. The van der Waals surface area contributed by atoms with Crippen molar-refractivity contribution in [1.82, 2.24) is 5.32 Å². The Morgan fingerprint density at radius 3 is 2.40 bits per heavy atom. The Balaban J connectivity index is 1.93. The molecule has 0 aliphatic carbocycles. The number of hydrogen-bond donors (Lipinski definition) is 2. The van der Waals surface area contributed by atoms with Crippen LogP contribution < -0.4 is 5.32 Å². The second-order valence-electron chi connectivity index (χ2n) is 6.37. The number of thiophene rings is 1. The molecular formula is C21H22FNOS. The highest BCUT2D eigenvalue weighted by Crippen LogP contribution is 2.32. The number of halogens is 1. The molecule has 0 saturated carbocycles. The largest absolute Gasteiger partial charge is 0.394 e. The van der Waals surface area contributed by atoms with Crippen molar-refractivity contribution in [3.8, 4) is 0 Å². The lowest BCUT2D eigenvalue weighted by atomic mass is 9.89. The van der Waals surface area contributed by atoms with Gasteiger partial charge in [-0.1, -0.05) is 54.6 Å². The Morgan fingerprint density at radius 2 is 1.76 bits per heavy atom. The first-order valence-corrected chi connectivity index (χ1v) is 9.21. The Kier molecular flexibility index (Phi) is 5.63. The van der Waals surface area contributed by atoms with Gasteiger partial charge < -0.3 is 5.11 Å². The molecule has 0 bridgehead atoms. The SMILES string of the molecule is C[C@@](Cc1ccccc1F)(N[C@H](CO)c1ccccc1)c1cccs1. The van der Waals surface area contributed by atoms with Crippen LogP contribution in [0.25, 0.3) is 0 Å². The van der Waals surface area contributed by atoms with Gasteiger partial charge in [-0.05, 0) is 42.0 Å². The van der Waals surface area contributed by atoms with Crippen LogP contribution in [0, 0.1) is 5.82 Å². The van der Waals surface area contributed by atoms with Gasteiger partial charge in [0.25, 0.3) is 0 Å². The highest BCUT2D eigenvalue weighted by molar-refractivity contribution is 7.10. The average molecular weight is 355 g/mol. The highest BCUT2D eigenvalue weighted by Gasteiger charge is 2.31. The molecule has 2 N–H and O–H groups in total. The molecule has 3 rings (SSSR count). The van der Waals surface area contributed by atoms with E-state index in [1.165, 1.54) is 6.07 Å². The molecular weight excluding hydrogens is 333 g/mol. The van der Waals surface area contributed by atoms with Crippen LogP contribution >= 0.6 is 11.3 Å². The number of rotatable bonds is 7. The lowest BCUT2D eigenvalue weighted by Gasteiger charge is -2.34. The maximum atomic E-state index is 14.2. The molecule has 1 aromatic heterocycles. The second kappa shape index (κ2) is 7.91. The Labute approximate surface area is 152 Å². The number of benzene rings is 2. The summed E-state index contributed by atoms with van der Waals surface area (Å²) in [6.45, 7) is 2.04. The van der Waals surface area contributed by atoms with Gasteiger partial charge in [0.15, 0.2) is 0 Å². The van der Waals surface area contributed by atoms with E-state index in [2.05, 4.69) is 18.3 Å². The molecule has 0 aliphatic heterocycles. The molecule has 2 nitrogen and oxygen atoms in total. The van der Waals surface area contributed by atoms with Crippen molar-refractivity contribution >= 4 is 11.3 Å². The third-order valence-electron chi connectivity index (χ3n) is 4.44. The van der Waals surface area contributed by atoms with Crippen LogP contribution in [0.4, 0.5) is 4.39 Å². The third kappa shape index (κ3) is 4.15. The summed E-state index contributed by atoms with van der Waals surface area (Å²) in [5.41, 5.74) is 1.19. The second-order valence-corrected chi connectivity index (χ2v) is 7.32. The number of hydrogen-bond acceptors (Lipinski definition) is 3. The fraction of sp³-hybridized carbons (Fsp3) is 0.238. The molecule has 0 aliphatic rings. The van der Waals surface area contributed by atoms with Crippen molar-refractivity contribution in [2.45, 2.75) is 24.9 Å². The molecule has 0 amide bonds. The summed E-state index contributed by atoms with van der Waals surface area (Å²) in [5.74, 6) is -0.202. The quantitative estimate of drug-likeness (QED) is 0.646. The van der Waals surface area contributed by atoms with Gasteiger partial charge in [-0.25, -0.2) is 4.39 Å². The van der Waals surface area contributed by atoms with Crippen LogP contribution in [0.15, 0.2) is 72.1 Å². The van der Waals surface area contributed by atoms with E-state index >= 15 is 0 Å². The van der Waals surface area contributed by atoms with Crippen LogP contribution in [0.5, 0.6) is 0 Å². The fourth-order valence-corrected chi connectivity index (χ4v) is 3.98. The molecule has 25 heavy (non-hydrogen) atoms. The summed E-state index contributed by atoms with van der Waals surface area (Å²) in [7, 11) is 0. The Bertz CT molecular complexity index is 791. The minimum Gasteiger partial charge on any atom is -0.394 e. The number of aliphatic hydroxyl groups excluding tert-OH is 1. The van der Waals surface area contributed by atoms with E-state index in [0.717, 1.165) is 10.4 Å². The molecule has 3 aromatic rings. The van der Waals surface area contributed by atoms with Crippen molar-refractivity contribution in [2.75, 3.05) is 6.61 Å². The van der Waals surface area contributed by atoms with Gasteiger partial charge in [0, 0.05) is 4.88 Å². The molecule has 4 heteroatoms. The maximum Gasteiger partial charge on any atom is 0.126 e. The highest BCUT2D eigenvalue weighted by atomic mass is 32.1. The van der Waals surface area contributed by atoms with Gasteiger partial charge in [0.05, 0.1) is 18.2 Å². The minimum atomic E-state index is -0.487. The molecule has 0 unspecified atom stereocenters. The zero-order valence-electron chi connectivity index (χ0n) is 14.2. The van der Waals surface area contributed by atoms with Crippen molar-refractivity contribution in [1.29, 1.82) is 0 Å². The molecule has 0 radical (unpaired) electrons. The summed E-state index contributed by atoms with van der Waals surface area (Å²) in [5, 5.41) is 15.5. The predicted molar refractivity (Wildman–Crippen MR) is 101 cm³/mol. The molecule has 130 valence electrons. The van der Waals surface area contributed by atoms with E-state index in [0.29, 0.717) is 12.0 Å². The zero-order valence-corrected chi connectivity index (χ0v) is 15.0. The van der Waals surface area contributed by atoms with Crippen molar-refractivity contribution in [3.63, 3.8) is 0 Å². The Morgan fingerprint density at radius 1 is 1.04 bits per heavy atom. The Hall–Kier alpha value is -2.01. The van der Waals surface area contributed by atoms with Gasteiger partial charge in [0.1, 0.15) is 5.82 Å². The van der Waals surface area contributed by atoms with Crippen molar-refractivity contribution in [3.05, 3.63) is 93.9 Å². The molecule has 0 saturated heterocycles. The first kappa shape index (κ1) is 17.8. The van der Waals surface area contributed by atoms with Gasteiger partial charge in [-0.15, -0.1) is 11.3 Å². The zero-order chi connectivity index (χ0) is 17.7. The third-order valence-corrected chi connectivity index (χ3v) is 5.58. The van der Waals surface area contributed by atoms with Crippen molar-refractivity contribution in [2.24, 2.45) is 0 Å². The van der Waals surface area contributed by atoms with Crippen LogP contribution in [0.3, 0.4) is 0 Å². The maximum absolute atomic E-state index is 14.2. The first-order chi connectivity index (χ1) is 12.1. The van der Waals surface area contributed by atoms with E-state index in [1.807, 2.05) is 53.9 Å². The van der Waals surface area contributed by atoms with Gasteiger partial charge >= 0.3 is 0 Å². The standard InChI is InChI=1S/C21H22FNOS/c1-21(20-12-7-13-25-20,14-17-10-5-6-11-18(17)22)23-19(15-24)16-8-3-2-4-9-16/h2-13,19,23-24H,14-15H2,1H3/t19-,21+/m1/s1. The van der Waals surface area contributed by atoms with Gasteiger partial charge in [0.2, 0.25) is 0 Å². The lowest BCUT2D eigenvalue weighted by Crippen LogP contribution is -2.44.